The number of fused-ring (bicyclic) bond motifs is 1. The molecule has 28 heavy (non-hydrogen) atoms. The molecule has 0 bridgehead atoms. The lowest BCUT2D eigenvalue weighted by Crippen LogP contribution is -2.35. The fourth-order valence-electron chi connectivity index (χ4n) is 3.59. The zero-order chi connectivity index (χ0) is 19.5. The third kappa shape index (κ3) is 3.88. The van der Waals surface area contributed by atoms with Crippen LogP contribution in [-0.4, -0.2) is 35.1 Å². The van der Waals surface area contributed by atoms with Crippen molar-refractivity contribution in [2.75, 3.05) is 24.5 Å². The number of aromatic nitrogens is 2. The van der Waals surface area contributed by atoms with Gasteiger partial charge in [0.2, 0.25) is 5.91 Å². The zero-order valence-electron chi connectivity index (χ0n) is 15.3. The molecule has 1 aliphatic rings. The number of para-hydroxylation sites is 1. The van der Waals surface area contributed by atoms with Crippen LogP contribution in [0.15, 0.2) is 59.7 Å². The third-order valence-electron chi connectivity index (χ3n) is 5.10. The summed E-state index contributed by atoms with van der Waals surface area (Å²) in [5.41, 5.74) is 1.18. The van der Waals surface area contributed by atoms with Gasteiger partial charge in [0.05, 0.1) is 17.2 Å². The van der Waals surface area contributed by atoms with Crippen LogP contribution in [0.2, 0.25) is 0 Å². The molecule has 2 heterocycles. The van der Waals surface area contributed by atoms with E-state index in [4.69, 9.17) is 0 Å². The number of amides is 1. The summed E-state index contributed by atoms with van der Waals surface area (Å²) in [5, 5.41) is 3.08. The Morgan fingerprint density at radius 2 is 2.04 bits per heavy atom. The number of anilines is 1. The van der Waals surface area contributed by atoms with Crippen molar-refractivity contribution in [1.82, 2.24) is 14.9 Å². The zero-order valence-corrected chi connectivity index (χ0v) is 15.3. The fraction of sp³-hybridized carbons (Fsp3) is 0.286. The van der Waals surface area contributed by atoms with Crippen molar-refractivity contribution in [3.05, 3.63) is 71.0 Å². The van der Waals surface area contributed by atoms with Gasteiger partial charge in [-0.15, -0.1) is 0 Å². The highest BCUT2D eigenvalue weighted by Gasteiger charge is 2.23. The van der Waals surface area contributed by atoms with Crippen LogP contribution in [0.4, 0.5) is 10.1 Å². The van der Waals surface area contributed by atoms with Gasteiger partial charge in [-0.05, 0) is 42.7 Å². The molecule has 7 heteroatoms. The van der Waals surface area contributed by atoms with Gasteiger partial charge in [-0.2, -0.15) is 0 Å². The van der Waals surface area contributed by atoms with Gasteiger partial charge in [0.1, 0.15) is 12.4 Å². The maximum Gasteiger partial charge on any atom is 0.261 e. The quantitative estimate of drug-likeness (QED) is 0.737. The number of nitrogens with one attached hydrogen (secondary N) is 1. The molecule has 1 unspecified atom stereocenters. The van der Waals surface area contributed by atoms with Crippen molar-refractivity contribution < 1.29 is 9.18 Å². The van der Waals surface area contributed by atoms with Gasteiger partial charge in [0, 0.05) is 25.3 Å². The summed E-state index contributed by atoms with van der Waals surface area (Å²) in [6, 6.07) is 14.1. The fourth-order valence-corrected chi connectivity index (χ4v) is 3.59. The Morgan fingerprint density at radius 3 is 2.86 bits per heavy atom. The molecule has 1 aliphatic heterocycles. The highest BCUT2D eigenvalue weighted by Crippen LogP contribution is 2.22. The summed E-state index contributed by atoms with van der Waals surface area (Å²) in [5.74, 6) is -0.389. The molecule has 1 atom stereocenters. The molecule has 0 saturated carbocycles. The average Bonchev–Trinajstić information content (AvgIpc) is 3.19. The number of carbonyl (C=O) groups is 1. The SMILES string of the molecule is O=C(Cn1cnc2ccc(F)cc2c1=O)NCC1CCN(c2ccccc2)C1. The molecule has 1 aromatic heterocycles. The average molecular weight is 380 g/mol. The number of carbonyl (C=O) groups excluding carboxylic acids is 1. The minimum atomic E-state index is -0.502. The van der Waals surface area contributed by atoms with E-state index in [1.54, 1.807) is 0 Å². The molecule has 0 aliphatic carbocycles. The molecular weight excluding hydrogens is 359 g/mol. The first kappa shape index (κ1) is 18.2. The smallest absolute Gasteiger partial charge is 0.261 e. The molecule has 6 nitrogen and oxygen atoms in total. The van der Waals surface area contributed by atoms with E-state index in [2.05, 4.69) is 27.3 Å². The minimum absolute atomic E-state index is 0.132. The number of nitrogens with zero attached hydrogens (tertiary/aromatic N) is 3. The Morgan fingerprint density at radius 1 is 1.21 bits per heavy atom. The van der Waals surface area contributed by atoms with Gasteiger partial charge in [0.25, 0.3) is 5.56 Å². The summed E-state index contributed by atoms with van der Waals surface area (Å²) in [6.07, 6.45) is 2.33. The summed E-state index contributed by atoms with van der Waals surface area (Å²) in [4.78, 5) is 31.2. The number of halogens is 1. The van der Waals surface area contributed by atoms with Crippen LogP contribution >= 0.6 is 0 Å². The summed E-state index contributed by atoms with van der Waals surface area (Å²) in [6.45, 7) is 2.28. The van der Waals surface area contributed by atoms with Crippen LogP contribution in [0.25, 0.3) is 10.9 Å². The lowest BCUT2D eigenvalue weighted by molar-refractivity contribution is -0.121. The highest BCUT2D eigenvalue weighted by atomic mass is 19.1. The molecule has 1 amide bonds. The van der Waals surface area contributed by atoms with E-state index < -0.39 is 11.4 Å². The number of hydrogen-bond donors (Lipinski definition) is 1. The first-order valence-corrected chi connectivity index (χ1v) is 9.31. The summed E-state index contributed by atoms with van der Waals surface area (Å²) >= 11 is 0. The predicted octanol–water partition coefficient (Wildman–Crippen LogP) is 2.18. The highest BCUT2D eigenvalue weighted by molar-refractivity contribution is 5.79. The Kier molecular flexibility index (Phi) is 5.06. The molecule has 1 saturated heterocycles. The molecule has 1 fully saturated rings. The maximum atomic E-state index is 13.4. The Labute approximate surface area is 161 Å². The van der Waals surface area contributed by atoms with E-state index in [1.165, 1.54) is 28.7 Å². The van der Waals surface area contributed by atoms with Gasteiger partial charge < -0.3 is 10.2 Å². The molecule has 3 aromatic rings. The van der Waals surface area contributed by atoms with E-state index in [0.29, 0.717) is 18.0 Å². The van der Waals surface area contributed by atoms with Gasteiger partial charge in [-0.1, -0.05) is 18.2 Å². The normalized spacial score (nSPS) is 16.5. The molecular formula is C21H21FN4O2. The first-order chi connectivity index (χ1) is 13.6. The van der Waals surface area contributed by atoms with Crippen LogP contribution in [0.5, 0.6) is 0 Å². The van der Waals surface area contributed by atoms with Crippen LogP contribution < -0.4 is 15.8 Å². The first-order valence-electron chi connectivity index (χ1n) is 9.31. The number of benzene rings is 2. The van der Waals surface area contributed by atoms with Crippen molar-refractivity contribution in [2.45, 2.75) is 13.0 Å². The second kappa shape index (κ2) is 7.80. The predicted molar refractivity (Wildman–Crippen MR) is 106 cm³/mol. The second-order valence-corrected chi connectivity index (χ2v) is 7.08. The van der Waals surface area contributed by atoms with Gasteiger partial charge in [0.15, 0.2) is 0 Å². The van der Waals surface area contributed by atoms with Crippen molar-refractivity contribution in [1.29, 1.82) is 0 Å². The summed E-state index contributed by atoms with van der Waals surface area (Å²) in [7, 11) is 0. The molecule has 4 rings (SSSR count). The van der Waals surface area contributed by atoms with Crippen LogP contribution in [-0.2, 0) is 11.3 Å². The number of rotatable bonds is 5. The molecule has 144 valence electrons. The Balaban J connectivity index is 1.35. The van der Waals surface area contributed by atoms with E-state index in [-0.39, 0.29) is 17.8 Å². The van der Waals surface area contributed by atoms with Crippen LogP contribution in [0.1, 0.15) is 6.42 Å². The Bertz CT molecular complexity index is 1050. The molecule has 2 aromatic carbocycles. The molecule has 0 radical (unpaired) electrons. The molecule has 1 N–H and O–H groups in total. The Hall–Kier alpha value is -3.22. The third-order valence-corrected chi connectivity index (χ3v) is 5.10. The van der Waals surface area contributed by atoms with Gasteiger partial charge in [-0.25, -0.2) is 9.37 Å². The largest absolute Gasteiger partial charge is 0.371 e. The van der Waals surface area contributed by atoms with Crippen molar-refractivity contribution in [3.63, 3.8) is 0 Å². The van der Waals surface area contributed by atoms with Gasteiger partial charge >= 0.3 is 0 Å². The molecule has 0 spiro atoms. The second-order valence-electron chi connectivity index (χ2n) is 7.08. The lowest BCUT2D eigenvalue weighted by atomic mass is 10.1. The monoisotopic (exact) mass is 380 g/mol. The van der Waals surface area contributed by atoms with Crippen molar-refractivity contribution in [2.24, 2.45) is 5.92 Å². The van der Waals surface area contributed by atoms with Crippen molar-refractivity contribution >= 4 is 22.5 Å². The van der Waals surface area contributed by atoms with Crippen LogP contribution in [0.3, 0.4) is 0 Å². The van der Waals surface area contributed by atoms with E-state index >= 15 is 0 Å². The topological polar surface area (TPSA) is 67.2 Å². The summed E-state index contributed by atoms with van der Waals surface area (Å²) < 4.78 is 14.6. The van der Waals surface area contributed by atoms with E-state index in [1.807, 2.05) is 18.2 Å². The van der Waals surface area contributed by atoms with Crippen LogP contribution in [0, 0.1) is 11.7 Å². The number of hydrogen-bond acceptors (Lipinski definition) is 4. The maximum absolute atomic E-state index is 13.4. The van der Waals surface area contributed by atoms with Gasteiger partial charge in [-0.3, -0.25) is 14.2 Å². The van der Waals surface area contributed by atoms with Crippen molar-refractivity contribution in [3.8, 4) is 0 Å². The standard InChI is InChI=1S/C21H21FN4O2/c22-16-6-7-19-18(10-16)21(28)26(14-24-19)13-20(27)23-11-15-8-9-25(12-15)17-4-2-1-3-5-17/h1-7,10,14-15H,8-9,11-13H2,(H,23,27). The minimum Gasteiger partial charge on any atom is -0.371 e. The van der Waals surface area contributed by atoms with E-state index in [0.717, 1.165) is 25.6 Å². The van der Waals surface area contributed by atoms with E-state index in [9.17, 15) is 14.0 Å². The lowest BCUT2D eigenvalue weighted by Gasteiger charge is -2.18.